The minimum atomic E-state index is -3.53. The van der Waals surface area contributed by atoms with Gasteiger partial charge in [0.05, 0.1) is 12.8 Å². The zero-order valence-corrected chi connectivity index (χ0v) is 16.0. The molecule has 2 aromatic rings. The number of benzene rings is 2. The van der Waals surface area contributed by atoms with E-state index in [1.165, 1.54) is 0 Å². The Kier molecular flexibility index (Phi) is 6.40. The van der Waals surface area contributed by atoms with Crippen molar-refractivity contribution in [1.82, 2.24) is 4.31 Å². The molecule has 0 atom stereocenters. The molecule has 0 bridgehead atoms. The van der Waals surface area contributed by atoms with E-state index in [1.54, 1.807) is 36.4 Å². The van der Waals surface area contributed by atoms with E-state index in [0.29, 0.717) is 10.7 Å². The van der Waals surface area contributed by atoms with Crippen molar-refractivity contribution in [2.24, 2.45) is 0 Å². The molecule has 0 unspecified atom stereocenters. The fraction of sp³-hybridized carbons (Fsp3) is 0.188. The van der Waals surface area contributed by atoms with Crippen LogP contribution in [0.2, 0.25) is 5.02 Å². The fourth-order valence-corrected chi connectivity index (χ4v) is 3.10. The van der Waals surface area contributed by atoms with Crippen molar-refractivity contribution >= 4 is 49.1 Å². The zero-order chi connectivity index (χ0) is 17.7. The average Bonchev–Trinajstić information content (AvgIpc) is 2.50. The summed E-state index contributed by atoms with van der Waals surface area (Å²) < 4.78 is 25.9. The van der Waals surface area contributed by atoms with E-state index in [9.17, 15) is 13.2 Å². The second-order valence-corrected chi connectivity index (χ2v) is 8.55. The normalized spacial score (nSPS) is 11.5. The minimum absolute atomic E-state index is 0.125. The number of rotatable bonds is 6. The number of sulfonamides is 1. The molecule has 24 heavy (non-hydrogen) atoms. The van der Waals surface area contributed by atoms with Crippen molar-refractivity contribution in [3.05, 3.63) is 63.6 Å². The smallest absolute Gasteiger partial charge is 0.239 e. The number of carbonyl (C=O) groups excluding carboxylic acids is 1. The summed E-state index contributed by atoms with van der Waals surface area (Å²) in [5.74, 6) is -0.417. The number of nitrogens with one attached hydrogen (secondary N) is 1. The molecular weight excluding hydrogens is 416 g/mol. The maximum Gasteiger partial charge on any atom is 0.239 e. The number of carbonyl (C=O) groups is 1. The van der Waals surface area contributed by atoms with E-state index in [0.717, 1.165) is 20.6 Å². The van der Waals surface area contributed by atoms with Crippen LogP contribution in [0.3, 0.4) is 0 Å². The third-order valence-electron chi connectivity index (χ3n) is 3.19. The second kappa shape index (κ2) is 8.11. The van der Waals surface area contributed by atoms with Gasteiger partial charge < -0.3 is 5.32 Å². The summed E-state index contributed by atoms with van der Waals surface area (Å²) in [5, 5.41) is 3.21. The Labute approximate surface area is 154 Å². The van der Waals surface area contributed by atoms with E-state index in [-0.39, 0.29) is 13.1 Å². The van der Waals surface area contributed by atoms with Crippen LogP contribution in [0.25, 0.3) is 0 Å². The number of halogens is 2. The van der Waals surface area contributed by atoms with Gasteiger partial charge in [-0.15, -0.1) is 0 Å². The summed E-state index contributed by atoms with van der Waals surface area (Å²) in [4.78, 5) is 12.1. The molecule has 0 aliphatic heterocycles. The monoisotopic (exact) mass is 430 g/mol. The van der Waals surface area contributed by atoms with Crippen LogP contribution in [-0.2, 0) is 21.4 Å². The summed E-state index contributed by atoms with van der Waals surface area (Å²) >= 11 is 9.12. The number of nitrogens with zero attached hydrogens (tertiary/aromatic N) is 1. The van der Waals surface area contributed by atoms with Crippen molar-refractivity contribution in [2.45, 2.75) is 6.54 Å². The molecule has 0 aliphatic rings. The third kappa shape index (κ3) is 5.90. The topological polar surface area (TPSA) is 66.5 Å². The molecule has 0 saturated heterocycles. The van der Waals surface area contributed by atoms with Gasteiger partial charge in [-0.1, -0.05) is 39.7 Å². The first-order valence-electron chi connectivity index (χ1n) is 6.99. The lowest BCUT2D eigenvalue weighted by atomic mass is 10.2. The first-order chi connectivity index (χ1) is 11.2. The van der Waals surface area contributed by atoms with E-state index in [1.807, 2.05) is 12.1 Å². The van der Waals surface area contributed by atoms with Gasteiger partial charge in [0.2, 0.25) is 15.9 Å². The summed E-state index contributed by atoms with van der Waals surface area (Å²) in [5.41, 5.74) is 1.35. The first kappa shape index (κ1) is 18.9. The highest BCUT2D eigenvalue weighted by molar-refractivity contribution is 9.10. The summed E-state index contributed by atoms with van der Waals surface area (Å²) in [6.45, 7) is -0.141. The molecule has 0 spiro atoms. The molecule has 5 nitrogen and oxygen atoms in total. The molecule has 2 aromatic carbocycles. The maximum absolute atomic E-state index is 12.1. The number of anilines is 1. The van der Waals surface area contributed by atoms with Crippen molar-refractivity contribution in [2.75, 3.05) is 18.1 Å². The van der Waals surface area contributed by atoms with Crippen molar-refractivity contribution in [3.8, 4) is 0 Å². The Morgan fingerprint density at radius 2 is 1.71 bits per heavy atom. The van der Waals surface area contributed by atoms with Crippen LogP contribution in [0.1, 0.15) is 5.56 Å². The van der Waals surface area contributed by atoms with Gasteiger partial charge in [-0.05, 0) is 42.0 Å². The molecule has 0 heterocycles. The van der Waals surface area contributed by atoms with Crippen molar-refractivity contribution < 1.29 is 13.2 Å². The van der Waals surface area contributed by atoms with Crippen LogP contribution in [0, 0.1) is 0 Å². The molecule has 0 aliphatic carbocycles. The van der Waals surface area contributed by atoms with E-state index in [2.05, 4.69) is 21.2 Å². The molecule has 128 valence electrons. The van der Waals surface area contributed by atoms with Gasteiger partial charge in [0.1, 0.15) is 0 Å². The predicted octanol–water partition coefficient (Wildman–Crippen LogP) is 3.50. The van der Waals surface area contributed by atoms with Crippen LogP contribution in [0.5, 0.6) is 0 Å². The van der Waals surface area contributed by atoms with Gasteiger partial charge in [0.15, 0.2) is 0 Å². The second-order valence-electron chi connectivity index (χ2n) is 5.21. The number of hydrogen-bond donors (Lipinski definition) is 1. The summed E-state index contributed by atoms with van der Waals surface area (Å²) in [7, 11) is -3.53. The highest BCUT2D eigenvalue weighted by atomic mass is 79.9. The summed E-state index contributed by atoms with van der Waals surface area (Å²) in [6, 6.07) is 13.9. The SMILES string of the molecule is CS(=O)(=O)N(CC(=O)Nc1ccc(Cl)cc1)Cc1ccc(Br)cc1. The minimum Gasteiger partial charge on any atom is -0.325 e. The van der Waals surface area contributed by atoms with Gasteiger partial charge in [-0.2, -0.15) is 4.31 Å². The van der Waals surface area contributed by atoms with E-state index >= 15 is 0 Å². The number of hydrogen-bond acceptors (Lipinski definition) is 3. The Morgan fingerprint density at radius 3 is 2.25 bits per heavy atom. The van der Waals surface area contributed by atoms with Crippen molar-refractivity contribution in [3.63, 3.8) is 0 Å². The fourth-order valence-electron chi connectivity index (χ4n) is 1.98. The molecule has 0 fully saturated rings. The number of amides is 1. The van der Waals surface area contributed by atoms with Gasteiger partial charge in [0.25, 0.3) is 0 Å². The van der Waals surface area contributed by atoms with Crippen LogP contribution in [-0.4, -0.2) is 31.4 Å². The Bertz CT molecular complexity index is 808. The predicted molar refractivity (Wildman–Crippen MR) is 99.5 cm³/mol. The Morgan fingerprint density at radius 1 is 1.12 bits per heavy atom. The molecule has 8 heteroatoms. The highest BCUT2D eigenvalue weighted by Crippen LogP contribution is 2.15. The molecule has 0 aromatic heterocycles. The molecule has 2 rings (SSSR count). The maximum atomic E-state index is 12.1. The molecule has 0 radical (unpaired) electrons. The van der Waals surface area contributed by atoms with E-state index in [4.69, 9.17) is 11.6 Å². The van der Waals surface area contributed by atoms with Crippen LogP contribution < -0.4 is 5.32 Å². The standard InChI is InChI=1S/C16H16BrClN2O3S/c1-24(22,23)20(10-12-2-4-13(17)5-3-12)11-16(21)19-15-8-6-14(18)7-9-15/h2-9H,10-11H2,1H3,(H,19,21). The lowest BCUT2D eigenvalue weighted by Crippen LogP contribution is -2.36. The van der Waals surface area contributed by atoms with Crippen LogP contribution in [0.4, 0.5) is 5.69 Å². The third-order valence-corrected chi connectivity index (χ3v) is 5.17. The Balaban J connectivity index is 2.06. The van der Waals surface area contributed by atoms with E-state index < -0.39 is 15.9 Å². The summed E-state index contributed by atoms with van der Waals surface area (Å²) in [6.07, 6.45) is 1.08. The van der Waals surface area contributed by atoms with Gasteiger partial charge in [-0.25, -0.2) is 8.42 Å². The molecule has 1 N–H and O–H groups in total. The average molecular weight is 432 g/mol. The first-order valence-corrected chi connectivity index (χ1v) is 10.0. The largest absolute Gasteiger partial charge is 0.325 e. The molecule has 1 amide bonds. The van der Waals surface area contributed by atoms with Gasteiger partial charge in [-0.3, -0.25) is 4.79 Å². The molecule has 0 saturated carbocycles. The Hall–Kier alpha value is -1.41. The lowest BCUT2D eigenvalue weighted by molar-refractivity contribution is -0.116. The highest BCUT2D eigenvalue weighted by Gasteiger charge is 2.20. The van der Waals surface area contributed by atoms with Crippen LogP contribution in [0.15, 0.2) is 53.0 Å². The zero-order valence-electron chi connectivity index (χ0n) is 12.9. The van der Waals surface area contributed by atoms with Crippen LogP contribution >= 0.6 is 27.5 Å². The van der Waals surface area contributed by atoms with Crippen molar-refractivity contribution in [1.29, 1.82) is 0 Å². The van der Waals surface area contributed by atoms with Gasteiger partial charge in [0, 0.05) is 21.7 Å². The lowest BCUT2D eigenvalue weighted by Gasteiger charge is -2.19. The van der Waals surface area contributed by atoms with Gasteiger partial charge >= 0.3 is 0 Å². The molecular formula is C16H16BrClN2O3S. The quantitative estimate of drug-likeness (QED) is 0.761.